The zero-order valence-corrected chi connectivity index (χ0v) is 26.3. The summed E-state index contributed by atoms with van der Waals surface area (Å²) in [6, 6.07) is 42.2. The first-order valence-electron chi connectivity index (χ1n) is 16.9. The summed E-state index contributed by atoms with van der Waals surface area (Å²) in [4.78, 5) is 0. The highest BCUT2D eigenvalue weighted by Gasteiger charge is 2.40. The van der Waals surface area contributed by atoms with Gasteiger partial charge in [-0.05, 0) is 60.8 Å². The average molecular weight is 600 g/mol. The van der Waals surface area contributed by atoms with Gasteiger partial charge in [-0.15, -0.1) is 0 Å². The van der Waals surface area contributed by atoms with Gasteiger partial charge in [0.25, 0.3) is 0 Å². The lowest BCUT2D eigenvalue weighted by molar-refractivity contribution is 0.0479. The molecule has 4 atom stereocenters. The van der Waals surface area contributed by atoms with E-state index in [1.807, 2.05) is 0 Å². The second kappa shape index (κ2) is 16.9. The Labute approximate surface area is 270 Å². The van der Waals surface area contributed by atoms with Crippen LogP contribution in [-0.4, -0.2) is 52.2 Å². The minimum absolute atomic E-state index is 0.306. The highest BCUT2D eigenvalue weighted by molar-refractivity contribution is 6.69. The monoisotopic (exact) mass is 600 g/mol. The molecular weight excluding hydrogens is 554 g/mol. The molecule has 4 aromatic carbocycles. The Bertz CT molecular complexity index is 1260. The summed E-state index contributed by atoms with van der Waals surface area (Å²) in [6.07, 6.45) is 7.18. The fourth-order valence-corrected chi connectivity index (χ4v) is 6.67. The Balaban J connectivity index is 1.38. The lowest BCUT2D eigenvalue weighted by atomic mass is 9.51. The molecule has 45 heavy (non-hydrogen) atoms. The Morgan fingerprint density at radius 3 is 1.24 bits per heavy atom. The van der Waals surface area contributed by atoms with Crippen molar-refractivity contribution in [2.45, 2.75) is 62.6 Å². The average Bonchev–Trinajstić information content (AvgIpc) is 3.13. The number of piperidine rings is 2. The summed E-state index contributed by atoms with van der Waals surface area (Å²) in [5.74, 6) is 0. The van der Waals surface area contributed by atoms with E-state index >= 15 is 0 Å². The van der Waals surface area contributed by atoms with Crippen molar-refractivity contribution in [1.29, 1.82) is 0 Å². The second-order valence-corrected chi connectivity index (χ2v) is 12.4. The molecule has 4 unspecified atom stereocenters. The highest BCUT2D eigenvalue weighted by Crippen LogP contribution is 2.32. The molecule has 2 saturated heterocycles. The van der Waals surface area contributed by atoms with Crippen molar-refractivity contribution in [3.63, 3.8) is 0 Å². The topological polar surface area (TPSA) is 51.8 Å². The van der Waals surface area contributed by atoms with Crippen LogP contribution in [0.15, 0.2) is 121 Å². The number of ether oxygens (including phenoxy) is 1. The molecule has 232 valence electrons. The lowest BCUT2D eigenvalue weighted by Crippen LogP contribution is -2.49. The van der Waals surface area contributed by atoms with E-state index in [2.05, 4.69) is 132 Å². The van der Waals surface area contributed by atoms with Crippen LogP contribution < -0.4 is 21.6 Å². The molecule has 0 bridgehead atoms. The molecule has 2 fully saturated rings. The lowest BCUT2D eigenvalue weighted by Gasteiger charge is -2.34. The van der Waals surface area contributed by atoms with Crippen LogP contribution in [0.3, 0.4) is 0 Å². The maximum atomic E-state index is 7.44. The third-order valence-corrected chi connectivity index (χ3v) is 9.13. The SMILES string of the molecule is c1ccc(B(OCC2CCCCN2)C(OC(B(OCC2CCCCN2)c2ccccc2)c2ccccc2)c2ccccc2)cc1. The van der Waals surface area contributed by atoms with Crippen molar-refractivity contribution < 1.29 is 14.0 Å². The van der Waals surface area contributed by atoms with Gasteiger partial charge in [0.05, 0.1) is 12.0 Å². The van der Waals surface area contributed by atoms with E-state index in [9.17, 15) is 0 Å². The predicted octanol–water partition coefficient (Wildman–Crippen LogP) is 5.68. The molecule has 0 spiro atoms. The third kappa shape index (κ3) is 8.96. The van der Waals surface area contributed by atoms with Gasteiger partial charge >= 0.3 is 13.8 Å². The smallest absolute Gasteiger partial charge is 0.361 e. The van der Waals surface area contributed by atoms with Gasteiger partial charge in [-0.3, -0.25) is 0 Å². The first-order chi connectivity index (χ1) is 22.3. The van der Waals surface area contributed by atoms with Gasteiger partial charge in [-0.2, -0.15) is 0 Å². The Hall–Kier alpha value is -3.19. The number of rotatable bonds is 14. The van der Waals surface area contributed by atoms with E-state index in [0.717, 1.165) is 48.0 Å². The summed E-state index contributed by atoms with van der Waals surface area (Å²) in [5.41, 5.74) is 4.39. The van der Waals surface area contributed by atoms with Crippen molar-refractivity contribution in [2.75, 3.05) is 26.3 Å². The van der Waals surface area contributed by atoms with Crippen LogP contribution in [0.5, 0.6) is 0 Å². The molecule has 7 heteroatoms. The molecule has 0 aliphatic carbocycles. The second-order valence-electron chi connectivity index (χ2n) is 12.4. The molecule has 6 rings (SSSR count). The van der Waals surface area contributed by atoms with Gasteiger partial charge in [-0.25, -0.2) is 0 Å². The molecular formula is C38H46B2N2O3. The molecule has 0 amide bonds. The molecule has 2 heterocycles. The van der Waals surface area contributed by atoms with Gasteiger partial charge in [0.1, 0.15) is 0 Å². The van der Waals surface area contributed by atoms with Crippen molar-refractivity contribution in [3.8, 4) is 0 Å². The van der Waals surface area contributed by atoms with E-state index in [1.54, 1.807) is 0 Å². The molecule has 0 aromatic heterocycles. The highest BCUT2D eigenvalue weighted by atomic mass is 16.5. The van der Waals surface area contributed by atoms with Crippen LogP contribution in [-0.2, 0) is 14.0 Å². The van der Waals surface area contributed by atoms with Crippen LogP contribution in [0, 0.1) is 0 Å². The summed E-state index contributed by atoms with van der Waals surface area (Å²) in [7, 11) is 0. The minimum Gasteiger partial charge on any atom is -0.427 e. The Morgan fingerprint density at radius 1 is 0.511 bits per heavy atom. The summed E-state index contributed by atoms with van der Waals surface area (Å²) >= 11 is 0. The van der Waals surface area contributed by atoms with Gasteiger partial charge in [0.15, 0.2) is 0 Å². The molecule has 2 aliphatic heterocycles. The molecule has 4 aromatic rings. The van der Waals surface area contributed by atoms with Crippen LogP contribution in [0.25, 0.3) is 0 Å². The van der Waals surface area contributed by atoms with Gasteiger partial charge in [-0.1, -0.05) is 134 Å². The fourth-order valence-electron chi connectivity index (χ4n) is 6.67. The summed E-state index contributed by atoms with van der Waals surface area (Å²) in [6.45, 7) is 2.75. The normalized spacial score (nSPS) is 19.8. The van der Waals surface area contributed by atoms with E-state index < -0.39 is 0 Å². The van der Waals surface area contributed by atoms with Crippen LogP contribution in [0.1, 0.15) is 61.7 Å². The zero-order chi connectivity index (χ0) is 30.5. The van der Waals surface area contributed by atoms with Crippen molar-refractivity contribution in [2.24, 2.45) is 0 Å². The van der Waals surface area contributed by atoms with Crippen LogP contribution >= 0.6 is 0 Å². The maximum Gasteiger partial charge on any atom is 0.361 e. The van der Waals surface area contributed by atoms with Crippen LogP contribution in [0.4, 0.5) is 0 Å². The molecule has 2 N–H and O–H groups in total. The minimum atomic E-state index is -0.370. The molecule has 5 nitrogen and oxygen atoms in total. The maximum absolute atomic E-state index is 7.44. The number of hydrogen-bond donors (Lipinski definition) is 2. The third-order valence-electron chi connectivity index (χ3n) is 9.13. The first kappa shape index (κ1) is 31.8. The van der Waals surface area contributed by atoms with E-state index in [1.165, 1.54) is 25.7 Å². The van der Waals surface area contributed by atoms with E-state index in [4.69, 9.17) is 14.0 Å². The number of hydrogen-bond acceptors (Lipinski definition) is 5. The quantitative estimate of drug-likeness (QED) is 0.183. The standard InChI is InChI=1S/C38H46B2N2O3/c1-5-17-31(18-6-1)37(39(33-21-9-3-10-22-33)43-29-35-25-13-15-27-41-35)45-38(32-19-7-2-8-20-32)40(34-23-11-4-12-24-34)44-30-36-26-14-16-28-42-36/h1-12,17-24,35-38,41-42H,13-16,25-30H2. The predicted molar refractivity (Wildman–Crippen MR) is 186 cm³/mol. The fraction of sp³-hybridized carbons (Fsp3) is 0.368. The summed E-state index contributed by atoms with van der Waals surface area (Å²) in [5, 5.41) is 7.33. The van der Waals surface area contributed by atoms with Crippen molar-refractivity contribution in [1.82, 2.24) is 10.6 Å². The number of benzene rings is 4. The summed E-state index contributed by atoms with van der Waals surface area (Å²) < 4.78 is 21.3. The van der Waals surface area contributed by atoms with Gasteiger partial charge in [0.2, 0.25) is 0 Å². The van der Waals surface area contributed by atoms with Crippen molar-refractivity contribution in [3.05, 3.63) is 132 Å². The Morgan fingerprint density at radius 2 is 0.889 bits per heavy atom. The van der Waals surface area contributed by atoms with E-state index in [-0.39, 0.29) is 25.8 Å². The van der Waals surface area contributed by atoms with Crippen molar-refractivity contribution >= 4 is 24.8 Å². The zero-order valence-electron chi connectivity index (χ0n) is 26.3. The van der Waals surface area contributed by atoms with E-state index in [0.29, 0.717) is 25.3 Å². The van der Waals surface area contributed by atoms with Gasteiger partial charge in [0, 0.05) is 25.3 Å². The Kier molecular flexibility index (Phi) is 12.0. The molecule has 0 saturated carbocycles. The molecule has 2 aliphatic rings. The first-order valence-corrected chi connectivity index (χ1v) is 16.9. The largest absolute Gasteiger partial charge is 0.427 e. The van der Waals surface area contributed by atoms with Gasteiger partial charge < -0.3 is 24.7 Å². The molecule has 0 radical (unpaired) electrons. The number of nitrogens with one attached hydrogen (secondary N) is 2. The van der Waals surface area contributed by atoms with Crippen LogP contribution in [0.2, 0.25) is 0 Å².